The number of urea groups is 1. The molecule has 0 aliphatic carbocycles. The molecule has 2 unspecified atom stereocenters. The number of nitrogens with zero attached hydrogens (tertiary/aromatic N) is 1. The molecule has 2 atom stereocenters. The number of imide groups is 1. The van der Waals surface area contributed by atoms with Crippen molar-refractivity contribution in [3.63, 3.8) is 0 Å². The van der Waals surface area contributed by atoms with Crippen LogP contribution in [0.2, 0.25) is 0 Å². The van der Waals surface area contributed by atoms with Crippen molar-refractivity contribution in [3.05, 3.63) is 35.9 Å². The molecular formula is C17H21N3O3. The number of carbonyl (C=O) groups excluding carboxylic acids is 3. The van der Waals surface area contributed by atoms with E-state index < -0.39 is 11.6 Å². The van der Waals surface area contributed by atoms with E-state index in [1.807, 2.05) is 44.2 Å². The van der Waals surface area contributed by atoms with Crippen LogP contribution >= 0.6 is 0 Å². The highest BCUT2D eigenvalue weighted by Gasteiger charge is 2.52. The van der Waals surface area contributed by atoms with Gasteiger partial charge in [0.25, 0.3) is 5.91 Å². The van der Waals surface area contributed by atoms with Gasteiger partial charge in [0, 0.05) is 6.54 Å². The van der Waals surface area contributed by atoms with Crippen molar-refractivity contribution < 1.29 is 14.4 Å². The summed E-state index contributed by atoms with van der Waals surface area (Å²) in [5, 5.41) is 4.94. The molecule has 122 valence electrons. The number of likely N-dealkylation sites (tertiary alicyclic amines) is 1. The van der Waals surface area contributed by atoms with Crippen LogP contribution in [-0.4, -0.2) is 41.4 Å². The van der Waals surface area contributed by atoms with E-state index >= 15 is 0 Å². The van der Waals surface area contributed by atoms with E-state index in [-0.39, 0.29) is 30.2 Å². The van der Waals surface area contributed by atoms with Crippen LogP contribution in [0.3, 0.4) is 0 Å². The van der Waals surface area contributed by atoms with Crippen LogP contribution in [-0.2, 0) is 9.59 Å². The van der Waals surface area contributed by atoms with Gasteiger partial charge in [-0.25, -0.2) is 4.79 Å². The highest BCUT2D eigenvalue weighted by molar-refractivity contribution is 6.07. The lowest BCUT2D eigenvalue weighted by atomic mass is 9.87. The van der Waals surface area contributed by atoms with Gasteiger partial charge in [-0.3, -0.25) is 14.9 Å². The lowest BCUT2D eigenvalue weighted by molar-refractivity contribution is -0.133. The predicted octanol–water partition coefficient (Wildman–Crippen LogP) is 1.24. The van der Waals surface area contributed by atoms with Gasteiger partial charge in [0.1, 0.15) is 5.54 Å². The molecule has 2 aliphatic heterocycles. The standard InChI is InChI=1S/C17H21N3O3/c1-11(2)13(12-6-4-3-5-7-12)14(21)20-9-8-17(10-20)15(22)18-16(23)19-17/h3-7,11,13H,8-10H2,1-2H3,(H2,18,19,22,23). The van der Waals surface area contributed by atoms with E-state index in [0.717, 1.165) is 5.56 Å². The first-order valence-electron chi connectivity index (χ1n) is 7.90. The quantitative estimate of drug-likeness (QED) is 0.824. The van der Waals surface area contributed by atoms with Gasteiger partial charge in [0.2, 0.25) is 5.91 Å². The molecule has 23 heavy (non-hydrogen) atoms. The fourth-order valence-electron chi connectivity index (χ4n) is 3.48. The zero-order valence-corrected chi connectivity index (χ0v) is 13.3. The van der Waals surface area contributed by atoms with Crippen LogP contribution in [0.1, 0.15) is 31.7 Å². The van der Waals surface area contributed by atoms with Gasteiger partial charge in [-0.1, -0.05) is 44.2 Å². The van der Waals surface area contributed by atoms with Gasteiger partial charge in [0.15, 0.2) is 0 Å². The number of rotatable bonds is 3. The third kappa shape index (κ3) is 2.69. The third-order valence-electron chi connectivity index (χ3n) is 4.69. The Hall–Kier alpha value is -2.37. The van der Waals surface area contributed by atoms with Crippen molar-refractivity contribution >= 4 is 17.8 Å². The number of hydrogen-bond donors (Lipinski definition) is 2. The molecule has 0 saturated carbocycles. The summed E-state index contributed by atoms with van der Waals surface area (Å²) in [5.41, 5.74) is 0.0266. The average molecular weight is 315 g/mol. The highest BCUT2D eigenvalue weighted by Crippen LogP contribution is 2.31. The van der Waals surface area contributed by atoms with Gasteiger partial charge in [-0.05, 0) is 17.9 Å². The number of amides is 4. The Morgan fingerprint density at radius 2 is 1.91 bits per heavy atom. The molecule has 0 bridgehead atoms. The molecule has 4 amide bonds. The predicted molar refractivity (Wildman–Crippen MR) is 84.6 cm³/mol. The first-order valence-corrected chi connectivity index (χ1v) is 7.90. The van der Waals surface area contributed by atoms with Gasteiger partial charge in [0.05, 0.1) is 12.5 Å². The summed E-state index contributed by atoms with van der Waals surface area (Å²) >= 11 is 0. The van der Waals surface area contributed by atoms with Crippen LogP contribution in [0.5, 0.6) is 0 Å². The van der Waals surface area contributed by atoms with Crippen molar-refractivity contribution in [1.82, 2.24) is 15.5 Å². The Balaban J connectivity index is 1.80. The molecular weight excluding hydrogens is 294 g/mol. The largest absolute Gasteiger partial charge is 0.339 e. The van der Waals surface area contributed by atoms with Crippen molar-refractivity contribution in [3.8, 4) is 0 Å². The molecule has 6 nitrogen and oxygen atoms in total. The number of carbonyl (C=O) groups is 3. The van der Waals surface area contributed by atoms with Crippen LogP contribution in [0.15, 0.2) is 30.3 Å². The number of nitrogens with one attached hydrogen (secondary N) is 2. The molecule has 2 N–H and O–H groups in total. The average Bonchev–Trinajstić information content (AvgIpc) is 3.04. The zero-order chi connectivity index (χ0) is 16.6. The summed E-state index contributed by atoms with van der Waals surface area (Å²) in [7, 11) is 0. The van der Waals surface area contributed by atoms with Crippen molar-refractivity contribution in [2.75, 3.05) is 13.1 Å². The first kappa shape index (κ1) is 15.5. The Kier molecular flexibility index (Phi) is 3.83. The van der Waals surface area contributed by atoms with Crippen LogP contribution < -0.4 is 10.6 Å². The summed E-state index contributed by atoms with van der Waals surface area (Å²) in [5.74, 6) is -0.421. The Morgan fingerprint density at radius 1 is 1.22 bits per heavy atom. The molecule has 6 heteroatoms. The molecule has 0 aromatic heterocycles. The van der Waals surface area contributed by atoms with E-state index in [9.17, 15) is 14.4 Å². The topological polar surface area (TPSA) is 78.5 Å². The summed E-state index contributed by atoms with van der Waals surface area (Å²) in [6.07, 6.45) is 0.454. The molecule has 1 aromatic carbocycles. The normalized spacial score (nSPS) is 24.9. The maximum absolute atomic E-state index is 13.0. The third-order valence-corrected chi connectivity index (χ3v) is 4.69. The van der Waals surface area contributed by atoms with E-state index in [1.54, 1.807) is 4.90 Å². The molecule has 2 aliphatic rings. The number of benzene rings is 1. The van der Waals surface area contributed by atoms with E-state index in [0.29, 0.717) is 13.0 Å². The number of hydrogen-bond acceptors (Lipinski definition) is 3. The monoisotopic (exact) mass is 315 g/mol. The molecule has 1 spiro atoms. The van der Waals surface area contributed by atoms with Crippen LogP contribution in [0.25, 0.3) is 0 Å². The molecule has 1 aromatic rings. The van der Waals surface area contributed by atoms with Gasteiger partial charge >= 0.3 is 6.03 Å². The van der Waals surface area contributed by atoms with Gasteiger partial charge in [-0.15, -0.1) is 0 Å². The summed E-state index contributed by atoms with van der Waals surface area (Å²) in [6.45, 7) is 4.75. The Bertz CT molecular complexity index is 644. The molecule has 2 saturated heterocycles. The smallest absolute Gasteiger partial charge is 0.322 e. The first-order chi connectivity index (χ1) is 10.9. The Labute approximate surface area is 135 Å². The SMILES string of the molecule is CC(C)C(C(=O)N1CCC2(C1)NC(=O)NC2=O)c1ccccc1. The Morgan fingerprint density at radius 3 is 2.48 bits per heavy atom. The van der Waals surface area contributed by atoms with Crippen LogP contribution in [0.4, 0.5) is 4.79 Å². The van der Waals surface area contributed by atoms with Gasteiger partial charge < -0.3 is 10.2 Å². The second-order valence-corrected chi connectivity index (χ2v) is 6.63. The molecule has 2 fully saturated rings. The van der Waals surface area contributed by atoms with E-state index in [4.69, 9.17) is 0 Å². The maximum atomic E-state index is 13.0. The lowest BCUT2D eigenvalue weighted by Crippen LogP contribution is -2.50. The summed E-state index contributed by atoms with van der Waals surface area (Å²) < 4.78 is 0. The molecule has 3 rings (SSSR count). The van der Waals surface area contributed by atoms with E-state index in [2.05, 4.69) is 10.6 Å². The lowest BCUT2D eigenvalue weighted by Gasteiger charge is -2.27. The summed E-state index contributed by atoms with van der Waals surface area (Å²) in [4.78, 5) is 38.1. The van der Waals surface area contributed by atoms with Gasteiger partial charge in [-0.2, -0.15) is 0 Å². The second-order valence-electron chi connectivity index (χ2n) is 6.63. The van der Waals surface area contributed by atoms with Crippen LogP contribution in [0, 0.1) is 5.92 Å². The molecule has 0 radical (unpaired) electrons. The van der Waals surface area contributed by atoms with E-state index in [1.165, 1.54) is 0 Å². The minimum Gasteiger partial charge on any atom is -0.339 e. The second kappa shape index (κ2) is 5.68. The fourth-order valence-corrected chi connectivity index (χ4v) is 3.48. The van der Waals surface area contributed by atoms with Crippen molar-refractivity contribution in [2.24, 2.45) is 5.92 Å². The molecule has 2 heterocycles. The minimum absolute atomic E-state index is 0.0111. The maximum Gasteiger partial charge on any atom is 0.322 e. The summed E-state index contributed by atoms with van der Waals surface area (Å²) in [6, 6.07) is 9.21. The van der Waals surface area contributed by atoms with Crippen molar-refractivity contribution in [1.29, 1.82) is 0 Å². The highest BCUT2D eigenvalue weighted by atomic mass is 16.2. The fraction of sp³-hybridized carbons (Fsp3) is 0.471. The minimum atomic E-state index is -0.953. The zero-order valence-electron chi connectivity index (χ0n) is 13.3. The van der Waals surface area contributed by atoms with Crippen molar-refractivity contribution in [2.45, 2.75) is 31.7 Å².